The van der Waals surface area contributed by atoms with Crippen LogP contribution in [-0.2, 0) is 4.74 Å². The van der Waals surface area contributed by atoms with Gasteiger partial charge in [0.05, 0.1) is 12.8 Å². The van der Waals surface area contributed by atoms with E-state index < -0.39 is 17.2 Å². The Hall–Kier alpha value is -2.02. The smallest absolute Gasteiger partial charge is 0.362 e. The van der Waals surface area contributed by atoms with Crippen LogP contribution in [0.2, 0.25) is 0 Å². The van der Waals surface area contributed by atoms with Gasteiger partial charge in [0.15, 0.2) is 0 Å². The Morgan fingerprint density at radius 3 is 2.75 bits per heavy atom. The third-order valence-corrected chi connectivity index (χ3v) is 3.27. The average molecular weight is 341 g/mol. The molecule has 0 atom stereocenters. The molecule has 0 fully saturated rings. The highest BCUT2D eigenvalue weighted by Crippen LogP contribution is 2.21. The second kappa shape index (κ2) is 5.54. The molecule has 0 saturated carbocycles. The van der Waals surface area contributed by atoms with Crippen molar-refractivity contribution in [3.63, 3.8) is 0 Å². The van der Waals surface area contributed by atoms with Gasteiger partial charge in [-0.3, -0.25) is 4.79 Å². The lowest BCUT2D eigenvalue weighted by Crippen LogP contribution is -2.24. The standard InChI is InChI=1S/C13H10BrFN2O3/c1-7-6-17(10-4-3-8(15)5-9(10)14)16-11(12(7)18)13(19)20-2/h3-6H,1-2H3. The van der Waals surface area contributed by atoms with Crippen molar-refractivity contribution in [2.45, 2.75) is 6.92 Å². The van der Waals surface area contributed by atoms with Gasteiger partial charge < -0.3 is 4.74 Å². The van der Waals surface area contributed by atoms with Gasteiger partial charge in [-0.05, 0) is 41.1 Å². The minimum Gasteiger partial charge on any atom is -0.464 e. The van der Waals surface area contributed by atoms with Crippen molar-refractivity contribution < 1.29 is 13.9 Å². The van der Waals surface area contributed by atoms with Crippen LogP contribution in [0, 0.1) is 12.7 Å². The summed E-state index contributed by atoms with van der Waals surface area (Å²) in [6.07, 6.45) is 1.47. The fourth-order valence-corrected chi connectivity index (χ4v) is 2.16. The first kappa shape index (κ1) is 14.4. The summed E-state index contributed by atoms with van der Waals surface area (Å²) >= 11 is 3.21. The van der Waals surface area contributed by atoms with E-state index in [9.17, 15) is 14.0 Å². The van der Waals surface area contributed by atoms with Crippen LogP contribution >= 0.6 is 15.9 Å². The molecule has 0 spiro atoms. The molecule has 0 saturated heterocycles. The third kappa shape index (κ3) is 2.62. The minimum absolute atomic E-state index is 0.316. The number of rotatable bonds is 2. The second-order valence-electron chi connectivity index (χ2n) is 4.02. The van der Waals surface area contributed by atoms with Gasteiger partial charge in [-0.25, -0.2) is 13.9 Å². The lowest BCUT2D eigenvalue weighted by atomic mass is 10.2. The molecule has 1 aromatic heterocycles. The van der Waals surface area contributed by atoms with Gasteiger partial charge >= 0.3 is 5.97 Å². The molecule has 0 bridgehead atoms. The Kier molecular flexibility index (Phi) is 3.99. The molecule has 5 nitrogen and oxygen atoms in total. The summed E-state index contributed by atoms with van der Waals surface area (Å²) in [7, 11) is 1.17. The minimum atomic E-state index is -0.814. The van der Waals surface area contributed by atoms with Gasteiger partial charge in [-0.15, -0.1) is 0 Å². The van der Waals surface area contributed by atoms with Crippen LogP contribution in [0.25, 0.3) is 5.69 Å². The summed E-state index contributed by atoms with van der Waals surface area (Å²) < 4.78 is 19.4. The topological polar surface area (TPSA) is 61.2 Å². The van der Waals surface area contributed by atoms with Crippen LogP contribution < -0.4 is 5.43 Å². The number of methoxy groups -OCH3 is 1. The summed E-state index contributed by atoms with van der Waals surface area (Å²) in [4.78, 5) is 23.4. The maximum absolute atomic E-state index is 13.1. The predicted octanol–water partition coefficient (Wildman–Crippen LogP) is 2.23. The third-order valence-electron chi connectivity index (χ3n) is 2.63. The molecular weight excluding hydrogens is 331 g/mol. The molecule has 2 rings (SSSR count). The highest BCUT2D eigenvalue weighted by Gasteiger charge is 2.16. The summed E-state index contributed by atoms with van der Waals surface area (Å²) in [6.45, 7) is 1.56. The number of ether oxygens (including phenoxy) is 1. The van der Waals surface area contributed by atoms with Crippen molar-refractivity contribution in [2.24, 2.45) is 0 Å². The number of aromatic nitrogens is 2. The predicted molar refractivity (Wildman–Crippen MR) is 73.6 cm³/mol. The number of esters is 1. The molecule has 104 valence electrons. The Balaban J connectivity index is 2.67. The Morgan fingerprint density at radius 1 is 1.45 bits per heavy atom. The zero-order chi connectivity index (χ0) is 14.9. The first-order valence-corrected chi connectivity index (χ1v) is 6.37. The molecule has 1 heterocycles. The second-order valence-corrected chi connectivity index (χ2v) is 4.88. The van der Waals surface area contributed by atoms with Crippen molar-refractivity contribution in [2.75, 3.05) is 7.11 Å². The van der Waals surface area contributed by atoms with E-state index in [1.165, 1.54) is 36.2 Å². The van der Waals surface area contributed by atoms with E-state index in [0.29, 0.717) is 15.7 Å². The Bertz CT molecular complexity index is 743. The largest absolute Gasteiger partial charge is 0.464 e. The SMILES string of the molecule is COC(=O)c1nn(-c2ccc(F)cc2Br)cc(C)c1=O. The van der Waals surface area contributed by atoms with E-state index in [2.05, 4.69) is 25.8 Å². The fraction of sp³-hybridized carbons (Fsp3) is 0.154. The highest BCUT2D eigenvalue weighted by atomic mass is 79.9. The lowest BCUT2D eigenvalue weighted by Gasteiger charge is -2.10. The molecule has 0 aliphatic heterocycles. The van der Waals surface area contributed by atoms with Crippen LogP contribution in [0.1, 0.15) is 16.1 Å². The van der Waals surface area contributed by atoms with Gasteiger partial charge in [-0.2, -0.15) is 5.10 Å². The van der Waals surface area contributed by atoms with Crippen LogP contribution in [0.3, 0.4) is 0 Å². The number of aryl methyl sites for hydroxylation is 1. The monoisotopic (exact) mass is 340 g/mol. The number of hydrogen-bond donors (Lipinski definition) is 0. The molecule has 7 heteroatoms. The number of carbonyl (C=O) groups excluding carboxylic acids is 1. The molecule has 0 unspecified atom stereocenters. The van der Waals surface area contributed by atoms with Crippen LogP contribution in [0.15, 0.2) is 33.7 Å². The molecule has 0 radical (unpaired) electrons. The first-order chi connectivity index (χ1) is 9.43. The Morgan fingerprint density at radius 2 is 2.15 bits per heavy atom. The van der Waals surface area contributed by atoms with Gasteiger partial charge in [0.1, 0.15) is 5.82 Å². The highest BCUT2D eigenvalue weighted by molar-refractivity contribution is 9.10. The van der Waals surface area contributed by atoms with Gasteiger partial charge in [0.2, 0.25) is 11.1 Å². The van der Waals surface area contributed by atoms with Gasteiger partial charge in [-0.1, -0.05) is 0 Å². The van der Waals surface area contributed by atoms with Crippen LogP contribution in [0.4, 0.5) is 4.39 Å². The lowest BCUT2D eigenvalue weighted by molar-refractivity contribution is 0.0590. The number of carbonyl (C=O) groups is 1. The van der Waals surface area contributed by atoms with E-state index in [0.717, 1.165) is 0 Å². The molecule has 0 amide bonds. The van der Waals surface area contributed by atoms with E-state index in [-0.39, 0.29) is 5.69 Å². The maximum Gasteiger partial charge on any atom is 0.362 e. The molecule has 20 heavy (non-hydrogen) atoms. The summed E-state index contributed by atoms with van der Waals surface area (Å²) in [5, 5.41) is 3.94. The molecule has 0 aliphatic carbocycles. The van der Waals surface area contributed by atoms with Crippen molar-refractivity contribution in [1.82, 2.24) is 9.78 Å². The molecular formula is C13H10BrFN2O3. The summed E-state index contributed by atoms with van der Waals surface area (Å²) in [5.41, 5.74) is 0.0198. The van der Waals surface area contributed by atoms with E-state index in [1.54, 1.807) is 6.92 Å². The van der Waals surface area contributed by atoms with Crippen LogP contribution in [0.5, 0.6) is 0 Å². The average Bonchev–Trinajstić information content (AvgIpc) is 2.41. The van der Waals surface area contributed by atoms with Gasteiger partial charge in [0, 0.05) is 16.2 Å². The van der Waals surface area contributed by atoms with Crippen molar-refractivity contribution >= 4 is 21.9 Å². The normalized spacial score (nSPS) is 10.4. The van der Waals surface area contributed by atoms with Crippen molar-refractivity contribution in [3.05, 3.63) is 56.2 Å². The molecule has 0 aliphatic rings. The van der Waals surface area contributed by atoms with Gasteiger partial charge in [0.25, 0.3) is 0 Å². The molecule has 1 aromatic carbocycles. The zero-order valence-electron chi connectivity index (χ0n) is 10.7. The number of halogens is 2. The number of hydrogen-bond acceptors (Lipinski definition) is 4. The van der Waals surface area contributed by atoms with Crippen molar-refractivity contribution in [1.29, 1.82) is 0 Å². The zero-order valence-corrected chi connectivity index (χ0v) is 12.3. The van der Waals surface area contributed by atoms with E-state index in [1.807, 2.05) is 0 Å². The quantitative estimate of drug-likeness (QED) is 0.786. The van der Waals surface area contributed by atoms with Crippen LogP contribution in [-0.4, -0.2) is 22.9 Å². The number of nitrogens with zero attached hydrogens (tertiary/aromatic N) is 2. The number of benzene rings is 1. The fourth-order valence-electron chi connectivity index (χ4n) is 1.63. The molecule has 0 N–H and O–H groups in total. The summed E-state index contributed by atoms with van der Waals surface area (Å²) in [5.74, 6) is -1.22. The first-order valence-electron chi connectivity index (χ1n) is 5.58. The van der Waals surface area contributed by atoms with E-state index >= 15 is 0 Å². The maximum atomic E-state index is 13.1. The summed E-state index contributed by atoms with van der Waals surface area (Å²) in [6, 6.07) is 4.01. The van der Waals surface area contributed by atoms with E-state index in [4.69, 9.17) is 0 Å². The van der Waals surface area contributed by atoms with Crippen molar-refractivity contribution in [3.8, 4) is 5.69 Å². The Labute approximate surface area is 122 Å². The molecule has 2 aromatic rings.